The number of hydrogen-bond donors (Lipinski definition) is 4. The Balaban J connectivity index is 1.28. The van der Waals surface area contributed by atoms with Gasteiger partial charge in [-0.25, -0.2) is 0 Å². The first-order valence-corrected chi connectivity index (χ1v) is 17.0. The van der Waals surface area contributed by atoms with E-state index in [4.69, 9.17) is 0 Å². The third kappa shape index (κ3) is 6.82. The highest BCUT2D eigenvalue weighted by atomic mass is 32.2. The molecule has 240 valence electrons. The molecule has 14 heteroatoms. The van der Waals surface area contributed by atoms with E-state index in [9.17, 15) is 35.5 Å². The van der Waals surface area contributed by atoms with Gasteiger partial charge in [0.15, 0.2) is 0 Å². The van der Waals surface area contributed by atoms with E-state index in [1.165, 1.54) is 48.6 Å². The number of anilines is 2. The second-order valence-corrected chi connectivity index (χ2v) is 13.3. The van der Waals surface area contributed by atoms with Gasteiger partial charge < -0.3 is 0 Å². The summed E-state index contributed by atoms with van der Waals surface area (Å²) < 4.78 is 69.2. The molecule has 6 rings (SSSR count). The topological polar surface area (TPSA) is 192 Å². The van der Waals surface area contributed by atoms with E-state index >= 15 is 0 Å². The number of nitrogens with one attached hydrogen (secondary N) is 2. The van der Waals surface area contributed by atoms with Crippen LogP contribution in [0, 0.1) is 0 Å². The minimum atomic E-state index is -4.79. The molecule has 0 radical (unpaired) electrons. The number of benzene rings is 4. The monoisotopic (exact) mass is 680 g/mol. The van der Waals surface area contributed by atoms with Crippen LogP contribution >= 0.6 is 0 Å². The molecule has 0 unspecified atom stereocenters. The lowest BCUT2D eigenvalue weighted by molar-refractivity contribution is -0.109. The van der Waals surface area contributed by atoms with Gasteiger partial charge in [0.2, 0.25) is 11.6 Å². The zero-order valence-corrected chi connectivity index (χ0v) is 26.2. The number of hydrogen-bond acceptors (Lipinski definition) is 10. The maximum absolute atomic E-state index is 12.5. The van der Waals surface area contributed by atoms with Crippen LogP contribution in [0.3, 0.4) is 0 Å². The lowest BCUT2D eigenvalue weighted by Gasteiger charge is -2.13. The van der Waals surface area contributed by atoms with Crippen molar-refractivity contribution in [3.05, 3.63) is 130 Å². The van der Waals surface area contributed by atoms with Gasteiger partial charge in [-0.05, 0) is 58.7 Å². The number of carbonyl (C=O) groups is 2. The number of hydrazone groups is 2. The number of rotatable bonds is 8. The Morgan fingerprint density at radius 2 is 0.938 bits per heavy atom. The first-order valence-electron chi connectivity index (χ1n) is 14.1. The lowest BCUT2D eigenvalue weighted by Crippen LogP contribution is -2.19. The molecule has 0 bridgehead atoms. The predicted molar refractivity (Wildman–Crippen MR) is 183 cm³/mol. The highest BCUT2D eigenvalue weighted by molar-refractivity contribution is 7.86. The summed E-state index contributed by atoms with van der Waals surface area (Å²) in [6.45, 7) is 0. The Labute approximate surface area is 275 Å². The van der Waals surface area contributed by atoms with Gasteiger partial charge in [0.05, 0.1) is 11.4 Å². The third-order valence-corrected chi connectivity index (χ3v) is 9.16. The number of carbonyl (C=O) groups excluding carboxylic acids is 2. The fourth-order valence-corrected chi connectivity index (χ4v) is 6.47. The quantitative estimate of drug-likeness (QED) is 0.110. The molecule has 4 aromatic rings. The molecule has 4 aromatic carbocycles. The SMILES string of the molecule is O=C1C=Cc2ccccc2/C1=N/Nc1ccc(/C=C\c2ccc(N/N=C3/C(=O)C=Cc4ccccc43)cc2S(=O)(=O)O)c(S(=O)(=O)O)c1. The Kier molecular flexibility index (Phi) is 8.56. The van der Waals surface area contributed by atoms with Gasteiger partial charge in [-0.15, -0.1) is 0 Å². The number of nitrogens with zero attached hydrogens (tertiary/aromatic N) is 2. The molecule has 0 atom stereocenters. The van der Waals surface area contributed by atoms with Crippen molar-refractivity contribution in [1.82, 2.24) is 0 Å². The molecule has 4 N–H and O–H groups in total. The van der Waals surface area contributed by atoms with E-state index in [1.807, 2.05) is 24.3 Å². The number of fused-ring (bicyclic) bond motifs is 2. The van der Waals surface area contributed by atoms with Gasteiger partial charge >= 0.3 is 0 Å². The molecule has 0 spiro atoms. The van der Waals surface area contributed by atoms with Crippen molar-refractivity contribution in [2.75, 3.05) is 10.9 Å². The molecule has 2 aliphatic rings. The zero-order chi connectivity index (χ0) is 34.1. The van der Waals surface area contributed by atoms with Gasteiger partial charge in [-0.3, -0.25) is 29.5 Å². The normalized spacial score (nSPS) is 16.0. The second kappa shape index (κ2) is 12.8. The van der Waals surface area contributed by atoms with Crippen LogP contribution in [-0.2, 0) is 29.8 Å². The smallest absolute Gasteiger partial charge is 0.287 e. The summed E-state index contributed by atoms with van der Waals surface area (Å²) in [5.41, 5.74) is 8.50. The maximum atomic E-state index is 12.5. The van der Waals surface area contributed by atoms with Crippen molar-refractivity contribution < 1.29 is 35.5 Å². The number of ketones is 2. The lowest BCUT2D eigenvalue weighted by atomic mass is 9.95. The predicted octanol–water partition coefficient (Wildman–Crippen LogP) is 5.17. The minimum absolute atomic E-state index is 0.0184. The Hall–Kier alpha value is -5.80. The van der Waals surface area contributed by atoms with E-state index < -0.39 is 30.0 Å². The second-order valence-electron chi connectivity index (χ2n) is 10.5. The number of allylic oxidation sites excluding steroid dienone is 2. The fourth-order valence-electron chi connectivity index (χ4n) is 5.05. The Morgan fingerprint density at radius 3 is 1.33 bits per heavy atom. The van der Waals surface area contributed by atoms with Crippen LogP contribution < -0.4 is 10.9 Å². The van der Waals surface area contributed by atoms with E-state index in [0.717, 1.165) is 23.3 Å². The van der Waals surface area contributed by atoms with Gasteiger partial charge in [-0.2, -0.15) is 27.0 Å². The van der Waals surface area contributed by atoms with Gasteiger partial charge in [0, 0.05) is 11.1 Å². The van der Waals surface area contributed by atoms with E-state index in [-0.39, 0.29) is 45.5 Å². The van der Waals surface area contributed by atoms with Crippen LogP contribution in [0.15, 0.2) is 117 Å². The zero-order valence-electron chi connectivity index (χ0n) is 24.6. The van der Waals surface area contributed by atoms with Crippen LogP contribution in [0.1, 0.15) is 33.4 Å². The third-order valence-electron chi connectivity index (χ3n) is 7.35. The van der Waals surface area contributed by atoms with Crippen LogP contribution in [-0.4, -0.2) is 48.9 Å². The van der Waals surface area contributed by atoms with Crippen LogP contribution in [0.4, 0.5) is 11.4 Å². The Bertz CT molecular complexity index is 2230. The van der Waals surface area contributed by atoms with Crippen LogP contribution in [0.25, 0.3) is 24.3 Å². The summed E-state index contributed by atoms with van der Waals surface area (Å²) in [6, 6.07) is 22.0. The molecular formula is C34H24N4O8S2. The standard InChI is InChI=1S/C34H24N4O8S2/c39-29-17-13-21-5-1-3-7-27(21)33(29)37-35-25-15-11-23(31(19-25)47(41,42)43)9-10-24-12-16-26(20-32(24)48(44,45)46)36-38-34-28-8-4-2-6-22(28)14-18-30(34)40/h1-20,35-36H,(H,41,42,43)(H,44,45,46)/b10-9-,37-33-,38-34+. The molecule has 0 amide bonds. The van der Waals surface area contributed by atoms with Crippen molar-refractivity contribution >= 4 is 78.9 Å². The average molecular weight is 681 g/mol. The molecular weight excluding hydrogens is 657 g/mol. The van der Waals surface area contributed by atoms with E-state index in [0.29, 0.717) is 11.1 Å². The van der Waals surface area contributed by atoms with Gasteiger partial charge in [0.1, 0.15) is 21.2 Å². The highest BCUT2D eigenvalue weighted by Crippen LogP contribution is 2.27. The molecule has 0 saturated heterocycles. The van der Waals surface area contributed by atoms with E-state index in [1.54, 1.807) is 36.4 Å². The highest BCUT2D eigenvalue weighted by Gasteiger charge is 2.21. The summed E-state index contributed by atoms with van der Waals surface area (Å²) in [6.07, 6.45) is 8.54. The minimum Gasteiger partial charge on any atom is -0.287 e. The molecule has 48 heavy (non-hydrogen) atoms. The van der Waals surface area contributed by atoms with Crippen molar-refractivity contribution in [1.29, 1.82) is 0 Å². The van der Waals surface area contributed by atoms with Gasteiger partial charge in [0.25, 0.3) is 20.2 Å². The first kappa shape index (κ1) is 32.2. The van der Waals surface area contributed by atoms with E-state index in [2.05, 4.69) is 21.1 Å². The summed E-state index contributed by atoms with van der Waals surface area (Å²) in [7, 11) is -9.59. The molecule has 0 saturated carbocycles. The van der Waals surface area contributed by atoms with Crippen LogP contribution in [0.2, 0.25) is 0 Å². The van der Waals surface area contributed by atoms with Crippen molar-refractivity contribution in [2.24, 2.45) is 10.2 Å². The average Bonchev–Trinajstić information content (AvgIpc) is 3.06. The summed E-state index contributed by atoms with van der Waals surface area (Å²) in [4.78, 5) is 23.9. The maximum Gasteiger partial charge on any atom is 0.295 e. The summed E-state index contributed by atoms with van der Waals surface area (Å²) >= 11 is 0. The molecule has 0 aliphatic heterocycles. The molecule has 2 aliphatic carbocycles. The first-order chi connectivity index (χ1) is 22.9. The van der Waals surface area contributed by atoms with Crippen molar-refractivity contribution in [3.63, 3.8) is 0 Å². The van der Waals surface area contributed by atoms with Crippen molar-refractivity contribution in [2.45, 2.75) is 9.79 Å². The molecule has 0 heterocycles. The Morgan fingerprint density at radius 1 is 0.542 bits per heavy atom. The molecule has 12 nitrogen and oxygen atoms in total. The van der Waals surface area contributed by atoms with Gasteiger partial charge in [-0.1, -0.05) is 85.0 Å². The van der Waals surface area contributed by atoms with Crippen molar-refractivity contribution in [3.8, 4) is 0 Å². The largest absolute Gasteiger partial charge is 0.295 e. The molecule has 0 aromatic heterocycles. The fraction of sp³-hybridized carbons (Fsp3) is 0. The molecule has 0 fully saturated rings. The summed E-state index contributed by atoms with van der Waals surface area (Å²) in [5, 5.41) is 8.34. The van der Waals surface area contributed by atoms with Crippen LogP contribution in [0.5, 0.6) is 0 Å². The summed E-state index contributed by atoms with van der Waals surface area (Å²) in [5.74, 6) is -0.715.